The number of hydrazone groups is 1. The topological polar surface area (TPSA) is 59.9 Å². The lowest BCUT2D eigenvalue weighted by molar-refractivity contribution is 0.0955. The van der Waals surface area contributed by atoms with Crippen molar-refractivity contribution in [1.82, 2.24) is 5.43 Å². The van der Waals surface area contributed by atoms with E-state index in [-0.39, 0.29) is 11.3 Å². The monoisotopic (exact) mass is 418 g/mol. The Balaban J connectivity index is 2.11. The normalized spacial score (nSPS) is 11.5. The molecule has 0 bridgehead atoms. The van der Waals surface area contributed by atoms with Crippen molar-refractivity contribution in [2.45, 2.75) is 26.2 Å². The predicted molar refractivity (Wildman–Crippen MR) is 107 cm³/mol. The van der Waals surface area contributed by atoms with E-state index in [1.165, 1.54) is 11.8 Å². The molecule has 6 heteroatoms. The molecule has 0 radical (unpaired) electrons. The molecule has 0 atom stereocenters. The Morgan fingerprint density at radius 3 is 2.23 bits per heavy atom. The highest BCUT2D eigenvalue weighted by Crippen LogP contribution is 2.31. The molecule has 0 saturated heterocycles. The maximum absolute atomic E-state index is 12.2. The first-order valence-electron chi connectivity index (χ1n) is 8.11. The van der Waals surface area contributed by atoms with Gasteiger partial charge in [0.05, 0.1) is 24.9 Å². The summed E-state index contributed by atoms with van der Waals surface area (Å²) in [6.45, 7) is 6.40. The summed E-state index contributed by atoms with van der Waals surface area (Å²) in [7, 11) is 3.15. The van der Waals surface area contributed by atoms with Crippen molar-refractivity contribution in [3.63, 3.8) is 0 Å². The molecule has 0 fully saturated rings. The standard InChI is InChI=1S/C20H23BrN2O3/c1-20(2,3)15-8-6-13(7-9-15)19(24)23-22-12-14-10-16(21)18(26-5)11-17(14)25-4/h6-12H,1-5H3,(H,23,24)/b22-12-. The summed E-state index contributed by atoms with van der Waals surface area (Å²) in [5.74, 6) is 0.979. The summed E-state index contributed by atoms with van der Waals surface area (Å²) in [5.41, 5.74) is 5.02. The molecule has 1 N–H and O–H groups in total. The summed E-state index contributed by atoms with van der Waals surface area (Å²) >= 11 is 3.42. The Morgan fingerprint density at radius 2 is 1.69 bits per heavy atom. The molecule has 0 heterocycles. The third kappa shape index (κ3) is 4.85. The summed E-state index contributed by atoms with van der Waals surface area (Å²) in [6.07, 6.45) is 1.53. The molecule has 2 rings (SSSR count). The first kappa shape index (κ1) is 20.0. The third-order valence-electron chi connectivity index (χ3n) is 3.89. The first-order chi connectivity index (χ1) is 12.3. The molecule has 0 aliphatic carbocycles. The maximum Gasteiger partial charge on any atom is 0.271 e. The minimum atomic E-state index is -0.270. The van der Waals surface area contributed by atoms with E-state index in [4.69, 9.17) is 9.47 Å². The van der Waals surface area contributed by atoms with Crippen molar-refractivity contribution in [3.05, 3.63) is 57.6 Å². The van der Waals surface area contributed by atoms with Crippen molar-refractivity contribution in [3.8, 4) is 11.5 Å². The number of hydrogen-bond donors (Lipinski definition) is 1. The number of carbonyl (C=O) groups excluding carboxylic acids is 1. The number of methoxy groups -OCH3 is 2. The molecule has 0 aromatic heterocycles. The van der Waals surface area contributed by atoms with Gasteiger partial charge in [0.15, 0.2) is 0 Å². The van der Waals surface area contributed by atoms with Crippen LogP contribution >= 0.6 is 15.9 Å². The summed E-state index contributed by atoms with van der Waals surface area (Å²) in [6, 6.07) is 11.1. The second-order valence-electron chi connectivity index (χ2n) is 6.76. The summed E-state index contributed by atoms with van der Waals surface area (Å²) in [4.78, 5) is 12.2. The number of amides is 1. The van der Waals surface area contributed by atoms with Gasteiger partial charge in [0.2, 0.25) is 0 Å². The zero-order valence-electron chi connectivity index (χ0n) is 15.6. The number of benzene rings is 2. The number of carbonyl (C=O) groups is 1. The van der Waals surface area contributed by atoms with Crippen molar-refractivity contribution in [1.29, 1.82) is 0 Å². The van der Waals surface area contributed by atoms with E-state index in [9.17, 15) is 4.79 Å². The van der Waals surface area contributed by atoms with Crippen LogP contribution in [-0.2, 0) is 5.41 Å². The highest BCUT2D eigenvalue weighted by Gasteiger charge is 2.14. The lowest BCUT2D eigenvalue weighted by Gasteiger charge is -2.18. The number of nitrogens with one attached hydrogen (secondary N) is 1. The van der Waals surface area contributed by atoms with E-state index in [0.717, 1.165) is 4.47 Å². The molecule has 5 nitrogen and oxygen atoms in total. The van der Waals surface area contributed by atoms with Gasteiger partial charge < -0.3 is 9.47 Å². The molecule has 2 aromatic rings. The van der Waals surface area contributed by atoms with Gasteiger partial charge in [-0.25, -0.2) is 5.43 Å². The average molecular weight is 419 g/mol. The predicted octanol–water partition coefficient (Wildman–Crippen LogP) is 4.53. The Kier molecular flexibility index (Phi) is 6.42. The Hall–Kier alpha value is -2.34. The van der Waals surface area contributed by atoms with Crippen LogP contribution in [-0.4, -0.2) is 26.3 Å². The van der Waals surface area contributed by atoms with E-state index in [1.54, 1.807) is 32.4 Å². The molecule has 26 heavy (non-hydrogen) atoms. The zero-order valence-corrected chi connectivity index (χ0v) is 17.2. The van der Waals surface area contributed by atoms with Gasteiger partial charge >= 0.3 is 0 Å². The van der Waals surface area contributed by atoms with Crippen molar-refractivity contribution in [2.24, 2.45) is 5.10 Å². The highest BCUT2D eigenvalue weighted by molar-refractivity contribution is 9.10. The fourth-order valence-corrected chi connectivity index (χ4v) is 2.85. The second kappa shape index (κ2) is 8.36. The van der Waals surface area contributed by atoms with Crippen LogP contribution in [0.2, 0.25) is 0 Å². The van der Waals surface area contributed by atoms with Gasteiger partial charge in [0.1, 0.15) is 11.5 Å². The van der Waals surface area contributed by atoms with Crippen LogP contribution in [0, 0.1) is 0 Å². The molecule has 0 unspecified atom stereocenters. The van der Waals surface area contributed by atoms with Crippen LogP contribution in [0.1, 0.15) is 42.3 Å². The summed E-state index contributed by atoms with van der Waals surface area (Å²) in [5, 5.41) is 4.03. The van der Waals surface area contributed by atoms with Crippen molar-refractivity contribution < 1.29 is 14.3 Å². The Morgan fingerprint density at radius 1 is 1.08 bits per heavy atom. The average Bonchev–Trinajstić information content (AvgIpc) is 2.61. The molecule has 0 aliphatic rings. The Bertz CT molecular complexity index is 809. The van der Waals surface area contributed by atoms with Gasteiger partial charge in [-0.1, -0.05) is 32.9 Å². The minimum absolute atomic E-state index is 0.0471. The molecular formula is C20H23BrN2O3. The number of halogens is 1. The van der Waals surface area contributed by atoms with Crippen LogP contribution < -0.4 is 14.9 Å². The van der Waals surface area contributed by atoms with Gasteiger partial charge in [0.25, 0.3) is 5.91 Å². The van der Waals surface area contributed by atoms with Crippen molar-refractivity contribution in [2.75, 3.05) is 14.2 Å². The van der Waals surface area contributed by atoms with Crippen molar-refractivity contribution >= 4 is 28.1 Å². The highest BCUT2D eigenvalue weighted by atomic mass is 79.9. The minimum Gasteiger partial charge on any atom is -0.496 e. The molecule has 1 amide bonds. The quantitative estimate of drug-likeness (QED) is 0.573. The van der Waals surface area contributed by atoms with Crippen LogP contribution in [0.15, 0.2) is 46.0 Å². The zero-order chi connectivity index (χ0) is 19.3. The first-order valence-corrected chi connectivity index (χ1v) is 8.91. The van der Waals surface area contributed by atoms with Crippen LogP contribution in [0.5, 0.6) is 11.5 Å². The smallest absolute Gasteiger partial charge is 0.271 e. The second-order valence-corrected chi connectivity index (χ2v) is 7.61. The third-order valence-corrected chi connectivity index (χ3v) is 4.51. The number of nitrogens with zero attached hydrogens (tertiary/aromatic N) is 1. The molecule has 0 saturated carbocycles. The van der Waals surface area contributed by atoms with E-state index in [2.05, 4.69) is 47.2 Å². The van der Waals surface area contributed by atoms with Gasteiger partial charge in [-0.15, -0.1) is 0 Å². The molecule has 0 aliphatic heterocycles. The number of rotatable bonds is 5. The molecule has 0 spiro atoms. The van der Waals surface area contributed by atoms with Crippen LogP contribution in [0.25, 0.3) is 0 Å². The number of ether oxygens (including phenoxy) is 2. The van der Waals surface area contributed by atoms with Gasteiger partial charge in [-0.2, -0.15) is 5.10 Å². The van der Waals surface area contributed by atoms with Gasteiger partial charge in [-0.05, 0) is 45.1 Å². The largest absolute Gasteiger partial charge is 0.496 e. The number of hydrogen-bond acceptors (Lipinski definition) is 4. The molecule has 2 aromatic carbocycles. The molecule has 138 valence electrons. The van der Waals surface area contributed by atoms with Crippen LogP contribution in [0.4, 0.5) is 0 Å². The fourth-order valence-electron chi connectivity index (χ4n) is 2.33. The Labute approximate surface area is 162 Å². The maximum atomic E-state index is 12.2. The van der Waals surface area contributed by atoms with E-state index in [0.29, 0.717) is 22.6 Å². The van der Waals surface area contributed by atoms with Gasteiger partial charge in [-0.3, -0.25) is 4.79 Å². The van der Waals surface area contributed by atoms with E-state index in [1.807, 2.05) is 18.2 Å². The fraction of sp³-hybridized carbons (Fsp3) is 0.300. The van der Waals surface area contributed by atoms with Gasteiger partial charge in [0, 0.05) is 17.2 Å². The SMILES string of the molecule is COc1cc(OC)c(/C=N\NC(=O)c2ccc(C(C)(C)C)cc2)cc1Br. The van der Waals surface area contributed by atoms with E-state index >= 15 is 0 Å². The lowest BCUT2D eigenvalue weighted by Crippen LogP contribution is -2.18. The lowest BCUT2D eigenvalue weighted by atomic mass is 9.87. The van der Waals surface area contributed by atoms with E-state index < -0.39 is 0 Å². The summed E-state index contributed by atoms with van der Waals surface area (Å²) < 4.78 is 11.3. The molecular weight excluding hydrogens is 396 g/mol. The van der Waals surface area contributed by atoms with Crippen LogP contribution in [0.3, 0.4) is 0 Å².